The molecule has 182 valence electrons. The van der Waals surface area contributed by atoms with Gasteiger partial charge >= 0.3 is 0 Å². The topological polar surface area (TPSA) is 82.1 Å². The second kappa shape index (κ2) is 8.34. The van der Waals surface area contributed by atoms with Crippen LogP contribution in [0.25, 0.3) is 39.0 Å². The van der Waals surface area contributed by atoms with E-state index in [0.717, 1.165) is 22.7 Å². The Morgan fingerprint density at radius 3 is 2.47 bits per heavy atom. The molecule has 0 amide bonds. The molecule has 0 radical (unpaired) electrons. The zero-order chi connectivity index (χ0) is 25.0. The number of hydrogen-bond acceptors (Lipinski definition) is 5. The zero-order valence-electron chi connectivity index (χ0n) is 19.3. The molecule has 0 atom stereocenters. The van der Waals surface area contributed by atoms with Crippen LogP contribution in [0.15, 0.2) is 67.3 Å². The van der Waals surface area contributed by atoms with Crippen LogP contribution >= 0.6 is 0 Å². The summed E-state index contributed by atoms with van der Waals surface area (Å²) in [5.74, 6) is -1.66. The highest BCUT2D eigenvalue weighted by Gasteiger charge is 2.36. The average molecular weight is 506 g/mol. The summed E-state index contributed by atoms with van der Waals surface area (Å²) in [4.78, 5) is 4.64. The maximum atomic E-state index is 14.7. The number of hydrogen-bond donors (Lipinski definition) is 0. The van der Waals surface area contributed by atoms with Crippen molar-refractivity contribution in [3.63, 3.8) is 0 Å². The Balaban J connectivity index is 1.47. The first-order valence-corrected chi connectivity index (χ1v) is 13.1. The molecule has 1 saturated carbocycles. The predicted molar refractivity (Wildman–Crippen MR) is 132 cm³/mol. The van der Waals surface area contributed by atoms with E-state index in [1.165, 1.54) is 12.1 Å². The molecule has 5 aromatic rings. The standard InChI is InChI=1S/C26H21F2N5O2S/c1-32-13-18(11-29-32)16-2-7-26-23(12-30-33(26)14-16)25-9-17(22-6-3-19(27)10-24(22)28)8-20(31-25)15-36(34,35)21-4-5-21/h2-3,6-14,21H,4-5,15H2,1H3. The molecule has 1 aromatic carbocycles. The van der Waals surface area contributed by atoms with Crippen LogP contribution in [0, 0.1) is 11.6 Å². The van der Waals surface area contributed by atoms with Gasteiger partial charge in [0.05, 0.1) is 40.3 Å². The van der Waals surface area contributed by atoms with Gasteiger partial charge in [-0.3, -0.25) is 9.67 Å². The summed E-state index contributed by atoms with van der Waals surface area (Å²) in [7, 11) is -1.52. The van der Waals surface area contributed by atoms with Crippen LogP contribution in [0.5, 0.6) is 0 Å². The van der Waals surface area contributed by atoms with Crippen molar-refractivity contribution in [2.24, 2.45) is 7.05 Å². The largest absolute Gasteiger partial charge is 0.275 e. The average Bonchev–Trinajstić information content (AvgIpc) is 3.49. The monoisotopic (exact) mass is 505 g/mol. The van der Waals surface area contributed by atoms with Gasteiger partial charge in [-0.05, 0) is 48.7 Å². The van der Waals surface area contributed by atoms with E-state index in [1.807, 2.05) is 31.6 Å². The highest BCUT2D eigenvalue weighted by atomic mass is 32.2. The normalized spacial score (nSPS) is 14.0. The molecule has 0 unspecified atom stereocenters. The number of pyridine rings is 2. The molecular weight excluding hydrogens is 484 g/mol. The minimum atomic E-state index is -3.36. The summed E-state index contributed by atoms with van der Waals surface area (Å²) in [6.45, 7) is 0. The molecule has 7 nitrogen and oxygen atoms in total. The van der Waals surface area contributed by atoms with E-state index < -0.39 is 21.5 Å². The zero-order valence-corrected chi connectivity index (χ0v) is 20.1. The van der Waals surface area contributed by atoms with Gasteiger partial charge in [0.2, 0.25) is 0 Å². The second-order valence-electron chi connectivity index (χ2n) is 9.07. The quantitative estimate of drug-likeness (QED) is 0.331. The smallest absolute Gasteiger partial charge is 0.158 e. The van der Waals surface area contributed by atoms with Gasteiger partial charge < -0.3 is 0 Å². The fourth-order valence-electron chi connectivity index (χ4n) is 4.35. The van der Waals surface area contributed by atoms with Crippen LogP contribution in [0.4, 0.5) is 8.78 Å². The number of fused-ring (bicyclic) bond motifs is 1. The minimum absolute atomic E-state index is 0.167. The molecule has 0 N–H and O–H groups in total. The molecule has 36 heavy (non-hydrogen) atoms. The molecule has 0 saturated heterocycles. The van der Waals surface area contributed by atoms with Gasteiger partial charge in [-0.1, -0.05) is 6.07 Å². The third kappa shape index (κ3) is 4.17. The van der Waals surface area contributed by atoms with Crippen LogP contribution < -0.4 is 0 Å². The first kappa shape index (κ1) is 22.5. The van der Waals surface area contributed by atoms with E-state index in [-0.39, 0.29) is 16.6 Å². The van der Waals surface area contributed by atoms with Gasteiger partial charge in [0.15, 0.2) is 9.84 Å². The van der Waals surface area contributed by atoms with Gasteiger partial charge in [-0.25, -0.2) is 21.7 Å². The van der Waals surface area contributed by atoms with Crippen molar-refractivity contribution in [3.05, 3.63) is 84.6 Å². The van der Waals surface area contributed by atoms with E-state index in [1.54, 1.807) is 33.7 Å². The number of nitrogens with zero attached hydrogens (tertiary/aromatic N) is 5. The summed E-state index contributed by atoms with van der Waals surface area (Å²) in [6, 6.07) is 10.4. The third-order valence-corrected chi connectivity index (χ3v) is 8.52. The lowest BCUT2D eigenvalue weighted by molar-refractivity contribution is 0.585. The fraction of sp³-hybridized carbons (Fsp3) is 0.192. The molecule has 4 aromatic heterocycles. The summed E-state index contributed by atoms with van der Waals surface area (Å²) < 4.78 is 57.1. The van der Waals surface area contributed by atoms with E-state index in [4.69, 9.17) is 0 Å². The van der Waals surface area contributed by atoms with Crippen molar-refractivity contribution in [2.75, 3.05) is 0 Å². The fourth-order valence-corrected chi connectivity index (χ4v) is 6.00. The molecule has 10 heteroatoms. The SMILES string of the molecule is Cn1cc(-c2ccc3c(-c4cc(-c5ccc(F)cc5F)cc(CS(=O)(=O)C5CC5)n4)cnn3c2)cn1. The Labute approximate surface area is 206 Å². The van der Waals surface area contributed by atoms with E-state index >= 15 is 0 Å². The number of sulfone groups is 1. The number of aromatic nitrogens is 5. The van der Waals surface area contributed by atoms with Crippen LogP contribution in [-0.4, -0.2) is 38.0 Å². The van der Waals surface area contributed by atoms with Crippen LogP contribution in [0.2, 0.25) is 0 Å². The van der Waals surface area contributed by atoms with Crippen LogP contribution in [0.3, 0.4) is 0 Å². The number of halogens is 2. The molecular formula is C26H21F2N5O2S. The van der Waals surface area contributed by atoms with Crippen molar-refractivity contribution in [1.29, 1.82) is 0 Å². The molecule has 1 aliphatic carbocycles. The Morgan fingerprint density at radius 2 is 1.75 bits per heavy atom. The van der Waals surface area contributed by atoms with Crippen LogP contribution in [0.1, 0.15) is 18.5 Å². The molecule has 0 spiro atoms. The Bertz CT molecular complexity index is 1740. The van der Waals surface area contributed by atoms with Crippen molar-refractivity contribution >= 4 is 15.4 Å². The highest BCUT2D eigenvalue weighted by Crippen LogP contribution is 2.34. The maximum absolute atomic E-state index is 14.7. The molecule has 0 bridgehead atoms. The van der Waals surface area contributed by atoms with Crippen molar-refractivity contribution in [2.45, 2.75) is 23.8 Å². The van der Waals surface area contributed by atoms with Gasteiger partial charge in [-0.15, -0.1) is 0 Å². The lowest BCUT2D eigenvalue weighted by Crippen LogP contribution is -2.11. The third-order valence-electron chi connectivity index (χ3n) is 6.33. The number of rotatable bonds is 6. The van der Waals surface area contributed by atoms with Gasteiger partial charge in [0.25, 0.3) is 0 Å². The van der Waals surface area contributed by atoms with E-state index in [9.17, 15) is 17.2 Å². The molecule has 4 heterocycles. The van der Waals surface area contributed by atoms with Crippen molar-refractivity contribution < 1.29 is 17.2 Å². The first-order chi connectivity index (χ1) is 17.3. The van der Waals surface area contributed by atoms with Crippen LogP contribution in [-0.2, 0) is 22.6 Å². The lowest BCUT2D eigenvalue weighted by Gasteiger charge is -2.11. The maximum Gasteiger partial charge on any atom is 0.158 e. The lowest BCUT2D eigenvalue weighted by atomic mass is 10.0. The van der Waals surface area contributed by atoms with Crippen molar-refractivity contribution in [3.8, 4) is 33.5 Å². The molecule has 1 fully saturated rings. The Kier molecular flexibility index (Phi) is 5.22. The van der Waals surface area contributed by atoms with Gasteiger partial charge in [0.1, 0.15) is 11.6 Å². The second-order valence-corrected chi connectivity index (χ2v) is 11.4. The molecule has 6 rings (SSSR count). The number of aryl methyl sites for hydroxylation is 1. The summed E-state index contributed by atoms with van der Waals surface area (Å²) in [5.41, 5.74) is 4.65. The number of benzene rings is 1. The predicted octanol–water partition coefficient (Wildman–Crippen LogP) is 4.82. The molecule has 0 aliphatic heterocycles. The summed E-state index contributed by atoms with van der Waals surface area (Å²) in [5, 5.41) is 8.33. The van der Waals surface area contributed by atoms with Gasteiger partial charge in [0, 0.05) is 47.8 Å². The van der Waals surface area contributed by atoms with Crippen molar-refractivity contribution in [1.82, 2.24) is 24.4 Å². The van der Waals surface area contributed by atoms with E-state index in [0.29, 0.717) is 35.4 Å². The first-order valence-electron chi connectivity index (χ1n) is 11.4. The molecule has 1 aliphatic rings. The van der Waals surface area contributed by atoms with Gasteiger partial charge in [-0.2, -0.15) is 10.2 Å². The Hall–Kier alpha value is -3.92. The van der Waals surface area contributed by atoms with E-state index in [2.05, 4.69) is 15.2 Å². The summed E-state index contributed by atoms with van der Waals surface area (Å²) in [6.07, 6.45) is 8.48. The summed E-state index contributed by atoms with van der Waals surface area (Å²) >= 11 is 0. The Morgan fingerprint density at radius 1 is 0.917 bits per heavy atom. The minimum Gasteiger partial charge on any atom is -0.275 e. The highest BCUT2D eigenvalue weighted by molar-refractivity contribution is 7.91.